The zero-order valence-electron chi connectivity index (χ0n) is 19.1. The molecule has 1 aromatic rings. The van der Waals surface area contributed by atoms with Crippen LogP contribution in [0.3, 0.4) is 0 Å². The third-order valence-electron chi connectivity index (χ3n) is 7.07. The zero-order valence-corrected chi connectivity index (χ0v) is 19.1. The first kappa shape index (κ1) is 23.7. The molecule has 10 heteroatoms. The van der Waals surface area contributed by atoms with Crippen molar-refractivity contribution in [2.75, 3.05) is 32.9 Å². The lowest BCUT2D eigenvalue weighted by atomic mass is 9.74. The molecular formula is C23H34N4O6. The van der Waals surface area contributed by atoms with Gasteiger partial charge in [0.15, 0.2) is 0 Å². The van der Waals surface area contributed by atoms with Crippen LogP contribution in [0.15, 0.2) is 4.52 Å². The van der Waals surface area contributed by atoms with Gasteiger partial charge in [0.2, 0.25) is 23.4 Å². The zero-order chi connectivity index (χ0) is 23.2. The maximum absolute atomic E-state index is 13.6. The summed E-state index contributed by atoms with van der Waals surface area (Å²) in [5.41, 5.74) is 5.11. The van der Waals surface area contributed by atoms with Crippen molar-refractivity contribution < 1.29 is 28.4 Å². The monoisotopic (exact) mass is 462 g/mol. The van der Waals surface area contributed by atoms with Crippen LogP contribution in [0.25, 0.3) is 0 Å². The van der Waals surface area contributed by atoms with E-state index in [0.29, 0.717) is 38.6 Å². The van der Waals surface area contributed by atoms with Crippen molar-refractivity contribution in [2.45, 2.75) is 63.7 Å². The highest BCUT2D eigenvalue weighted by atomic mass is 16.5. The number of carbonyl (C=O) groups is 3. The molecule has 1 saturated heterocycles. The minimum Gasteiger partial charge on any atom is -0.450 e. The Kier molecular flexibility index (Phi) is 7.95. The molecule has 33 heavy (non-hydrogen) atoms. The molecule has 1 aromatic heterocycles. The lowest BCUT2D eigenvalue weighted by Gasteiger charge is -2.36. The predicted octanol–water partition coefficient (Wildman–Crippen LogP) is 2.68. The molecule has 2 atom stereocenters. The van der Waals surface area contributed by atoms with Crippen molar-refractivity contribution in [1.29, 1.82) is 0 Å². The van der Waals surface area contributed by atoms with Gasteiger partial charge in [-0.1, -0.05) is 24.4 Å². The standard InChI is InChI=1S/C23H34N4O6/c24-23(30)32-11-8-17(19(28)20-25-21(33-26-20)16-6-7-16)14-18(15-4-2-1-3-5-15)22(29)27-9-12-31-13-10-27/h15-18H,1-14H2,(H2,24,30). The summed E-state index contributed by atoms with van der Waals surface area (Å²) in [6.07, 6.45) is 7.05. The Hall–Kier alpha value is -2.49. The second-order valence-electron chi connectivity index (χ2n) is 9.43. The van der Waals surface area contributed by atoms with Crippen LogP contribution >= 0.6 is 0 Å². The molecule has 0 spiro atoms. The van der Waals surface area contributed by atoms with Crippen molar-refractivity contribution in [3.05, 3.63) is 11.7 Å². The summed E-state index contributed by atoms with van der Waals surface area (Å²) < 4.78 is 15.6. The molecule has 2 N–H and O–H groups in total. The molecule has 1 aliphatic heterocycles. The Labute approximate surface area is 193 Å². The molecule has 3 aliphatic rings. The third kappa shape index (κ3) is 6.31. The SMILES string of the molecule is NC(=O)OCCC(CC(C(=O)N1CCOCC1)C1CCCCC1)C(=O)c1noc(C2CC2)n1. The van der Waals surface area contributed by atoms with Gasteiger partial charge < -0.3 is 24.6 Å². The Bertz CT molecular complexity index is 827. The van der Waals surface area contributed by atoms with Crippen LogP contribution in [0.2, 0.25) is 0 Å². The quantitative estimate of drug-likeness (QED) is 0.524. The molecule has 2 unspecified atom stereocenters. The van der Waals surface area contributed by atoms with E-state index in [2.05, 4.69) is 10.1 Å². The molecular weight excluding hydrogens is 428 g/mol. The minimum absolute atomic E-state index is 0.00219. The number of nitrogens with two attached hydrogens (primary N) is 1. The summed E-state index contributed by atoms with van der Waals surface area (Å²) >= 11 is 0. The molecule has 2 amide bonds. The average molecular weight is 463 g/mol. The highest BCUT2D eigenvalue weighted by molar-refractivity contribution is 5.94. The largest absolute Gasteiger partial charge is 0.450 e. The molecule has 0 bridgehead atoms. The van der Waals surface area contributed by atoms with Crippen LogP contribution < -0.4 is 5.73 Å². The fourth-order valence-electron chi connectivity index (χ4n) is 5.03. The van der Waals surface area contributed by atoms with E-state index >= 15 is 0 Å². The summed E-state index contributed by atoms with van der Waals surface area (Å²) in [7, 11) is 0. The number of nitrogens with zero attached hydrogens (tertiary/aromatic N) is 3. The Morgan fingerprint density at radius 2 is 1.82 bits per heavy atom. The summed E-state index contributed by atoms with van der Waals surface area (Å²) in [6, 6.07) is 0. The number of amides is 2. The second kappa shape index (κ2) is 11.1. The van der Waals surface area contributed by atoms with Crippen LogP contribution in [0, 0.1) is 17.8 Å². The van der Waals surface area contributed by atoms with Gasteiger partial charge in [0.25, 0.3) is 0 Å². The Morgan fingerprint density at radius 1 is 1.09 bits per heavy atom. The van der Waals surface area contributed by atoms with E-state index in [1.165, 1.54) is 6.42 Å². The van der Waals surface area contributed by atoms with Gasteiger partial charge in [-0.15, -0.1) is 0 Å². The van der Waals surface area contributed by atoms with Gasteiger partial charge in [-0.2, -0.15) is 4.98 Å². The molecule has 2 saturated carbocycles. The molecule has 2 heterocycles. The second-order valence-corrected chi connectivity index (χ2v) is 9.43. The summed E-state index contributed by atoms with van der Waals surface area (Å²) in [6.45, 7) is 2.21. The van der Waals surface area contributed by atoms with Crippen molar-refractivity contribution in [2.24, 2.45) is 23.5 Å². The van der Waals surface area contributed by atoms with Crippen molar-refractivity contribution in [1.82, 2.24) is 15.0 Å². The highest BCUT2D eigenvalue weighted by Crippen LogP contribution is 2.39. The number of hydrogen-bond donors (Lipinski definition) is 1. The number of rotatable bonds is 10. The lowest BCUT2D eigenvalue weighted by Crippen LogP contribution is -2.46. The van der Waals surface area contributed by atoms with Gasteiger partial charge in [0.1, 0.15) is 0 Å². The maximum Gasteiger partial charge on any atom is 0.404 e. The third-order valence-corrected chi connectivity index (χ3v) is 7.07. The first-order valence-electron chi connectivity index (χ1n) is 12.2. The topological polar surface area (TPSA) is 138 Å². The number of primary amides is 1. The summed E-state index contributed by atoms with van der Waals surface area (Å²) in [4.78, 5) is 44.2. The molecule has 3 fully saturated rings. The molecule has 4 rings (SSSR count). The number of Topliss-reactive ketones (excluding diaryl/α,β-unsaturated/α-hetero) is 1. The predicted molar refractivity (Wildman–Crippen MR) is 116 cm³/mol. The van der Waals surface area contributed by atoms with Crippen molar-refractivity contribution >= 4 is 17.8 Å². The van der Waals surface area contributed by atoms with E-state index in [1.54, 1.807) is 0 Å². The minimum atomic E-state index is -0.884. The average Bonchev–Trinajstić information content (AvgIpc) is 3.57. The Morgan fingerprint density at radius 3 is 2.48 bits per heavy atom. The van der Waals surface area contributed by atoms with E-state index in [9.17, 15) is 14.4 Å². The number of morpholine rings is 1. The fraction of sp³-hybridized carbons (Fsp3) is 0.783. The van der Waals surface area contributed by atoms with E-state index in [1.807, 2.05) is 4.90 Å². The maximum atomic E-state index is 13.6. The molecule has 182 valence electrons. The lowest BCUT2D eigenvalue weighted by molar-refractivity contribution is -0.142. The van der Waals surface area contributed by atoms with Gasteiger partial charge in [0.05, 0.1) is 19.8 Å². The van der Waals surface area contributed by atoms with Crippen molar-refractivity contribution in [3.8, 4) is 0 Å². The van der Waals surface area contributed by atoms with Crippen LogP contribution in [-0.4, -0.2) is 65.7 Å². The highest BCUT2D eigenvalue weighted by Gasteiger charge is 2.38. The van der Waals surface area contributed by atoms with Crippen LogP contribution in [-0.2, 0) is 14.3 Å². The van der Waals surface area contributed by atoms with E-state index in [4.69, 9.17) is 19.7 Å². The van der Waals surface area contributed by atoms with E-state index < -0.39 is 12.0 Å². The number of ketones is 1. The number of ether oxygens (including phenoxy) is 2. The van der Waals surface area contributed by atoms with Crippen molar-refractivity contribution in [3.63, 3.8) is 0 Å². The molecule has 2 aliphatic carbocycles. The number of hydrogen-bond acceptors (Lipinski definition) is 8. The number of aromatic nitrogens is 2. The molecule has 10 nitrogen and oxygen atoms in total. The normalized spacial score (nSPS) is 21.4. The van der Waals surface area contributed by atoms with Crippen LogP contribution in [0.4, 0.5) is 4.79 Å². The molecule has 0 aromatic carbocycles. The Balaban J connectivity index is 1.52. The smallest absolute Gasteiger partial charge is 0.404 e. The van der Waals surface area contributed by atoms with Gasteiger partial charge in [-0.25, -0.2) is 4.79 Å². The van der Waals surface area contributed by atoms with Gasteiger partial charge in [-0.3, -0.25) is 9.59 Å². The summed E-state index contributed by atoms with van der Waals surface area (Å²) in [5.74, 6) is -0.00483. The first-order chi connectivity index (χ1) is 16.0. The van der Waals surface area contributed by atoms with Gasteiger partial charge >= 0.3 is 6.09 Å². The molecule has 0 radical (unpaired) electrons. The van der Waals surface area contributed by atoms with Crippen LogP contribution in [0.1, 0.15) is 80.2 Å². The first-order valence-corrected chi connectivity index (χ1v) is 12.2. The van der Waals surface area contributed by atoms with Gasteiger partial charge in [-0.05, 0) is 44.4 Å². The number of carbonyl (C=O) groups excluding carboxylic acids is 3. The van der Waals surface area contributed by atoms with E-state index in [0.717, 1.165) is 38.5 Å². The van der Waals surface area contributed by atoms with E-state index in [-0.39, 0.29) is 48.3 Å². The summed E-state index contributed by atoms with van der Waals surface area (Å²) in [5, 5.41) is 3.92. The fourth-order valence-corrected chi connectivity index (χ4v) is 5.03. The van der Waals surface area contributed by atoms with Crippen LogP contribution in [0.5, 0.6) is 0 Å². The van der Waals surface area contributed by atoms with Gasteiger partial charge in [0, 0.05) is 30.8 Å².